The molecule has 1 aromatic heterocycles. The molecule has 0 unspecified atom stereocenters. The molecule has 0 spiro atoms. The van der Waals surface area contributed by atoms with Crippen LogP contribution >= 0.6 is 0 Å². The van der Waals surface area contributed by atoms with Crippen molar-refractivity contribution in [3.8, 4) is 0 Å². The highest BCUT2D eigenvalue weighted by molar-refractivity contribution is 5.87. The van der Waals surface area contributed by atoms with Gasteiger partial charge in [-0.25, -0.2) is 9.78 Å². The summed E-state index contributed by atoms with van der Waals surface area (Å²) in [5.74, 6) is -0.925. The van der Waals surface area contributed by atoms with Gasteiger partial charge in [0.05, 0.1) is 18.6 Å². The van der Waals surface area contributed by atoms with Gasteiger partial charge in [0, 0.05) is 19.5 Å². The van der Waals surface area contributed by atoms with Gasteiger partial charge in [-0.1, -0.05) is 19.8 Å². The largest absolute Gasteiger partial charge is 0.476 e. The Morgan fingerprint density at radius 2 is 2.16 bits per heavy atom. The molecule has 1 amide bonds. The molecule has 104 valence electrons. The number of carbonyl (C=O) groups is 2. The Morgan fingerprint density at radius 3 is 2.84 bits per heavy atom. The average molecular weight is 265 g/mol. The molecule has 0 aromatic carbocycles. The summed E-state index contributed by atoms with van der Waals surface area (Å²) < 4.78 is 1.82. The zero-order valence-corrected chi connectivity index (χ0v) is 11.1. The highest BCUT2D eigenvalue weighted by atomic mass is 16.4. The number of imidazole rings is 1. The Balaban J connectivity index is 2.02. The summed E-state index contributed by atoms with van der Waals surface area (Å²) in [6, 6.07) is 0. The van der Waals surface area contributed by atoms with Crippen LogP contribution in [0.25, 0.3) is 0 Å². The Bertz CT molecular complexity index is 481. The number of carboxylic acid groups (broad SMARTS) is 1. The molecule has 1 aromatic rings. The smallest absolute Gasteiger partial charge is 0.356 e. The lowest BCUT2D eigenvalue weighted by Gasteiger charge is -2.28. The number of unbranched alkanes of at least 4 members (excludes halogenated alkanes) is 2. The second-order valence-corrected chi connectivity index (χ2v) is 4.81. The summed E-state index contributed by atoms with van der Waals surface area (Å²) >= 11 is 0. The lowest BCUT2D eigenvalue weighted by atomic mass is 10.1. The molecule has 0 bridgehead atoms. The van der Waals surface area contributed by atoms with E-state index in [1.807, 2.05) is 4.57 Å². The third-order valence-electron chi connectivity index (χ3n) is 3.45. The van der Waals surface area contributed by atoms with Crippen molar-refractivity contribution in [1.82, 2.24) is 14.5 Å². The molecule has 1 aliphatic rings. The first-order valence-corrected chi connectivity index (χ1v) is 6.68. The normalized spacial score (nSPS) is 14.3. The minimum atomic E-state index is -1.03. The zero-order valence-electron chi connectivity index (χ0n) is 11.1. The van der Waals surface area contributed by atoms with E-state index in [0.717, 1.165) is 19.3 Å². The maximum Gasteiger partial charge on any atom is 0.356 e. The fourth-order valence-electron chi connectivity index (χ4n) is 2.33. The molecule has 0 atom stereocenters. The molecule has 6 nitrogen and oxygen atoms in total. The Hall–Kier alpha value is -1.85. The molecule has 1 N–H and O–H groups in total. The van der Waals surface area contributed by atoms with E-state index in [4.69, 9.17) is 5.11 Å². The molecular weight excluding hydrogens is 246 g/mol. The van der Waals surface area contributed by atoms with Gasteiger partial charge in [0.15, 0.2) is 5.69 Å². The number of carbonyl (C=O) groups excluding carboxylic acids is 1. The van der Waals surface area contributed by atoms with Crippen molar-refractivity contribution in [3.05, 3.63) is 17.7 Å². The molecule has 0 fully saturated rings. The molecule has 0 saturated heterocycles. The number of aromatic nitrogens is 2. The molecule has 0 radical (unpaired) electrons. The van der Waals surface area contributed by atoms with Crippen LogP contribution in [0.3, 0.4) is 0 Å². The van der Waals surface area contributed by atoms with Gasteiger partial charge in [0.25, 0.3) is 0 Å². The fourth-order valence-corrected chi connectivity index (χ4v) is 2.33. The molecule has 1 aliphatic heterocycles. The first-order chi connectivity index (χ1) is 9.13. The van der Waals surface area contributed by atoms with Crippen molar-refractivity contribution in [1.29, 1.82) is 0 Å². The summed E-state index contributed by atoms with van der Waals surface area (Å²) in [5.41, 5.74) is 0.689. The van der Waals surface area contributed by atoms with E-state index in [1.165, 1.54) is 6.33 Å². The number of rotatable bonds is 5. The maximum absolute atomic E-state index is 12.0. The summed E-state index contributed by atoms with van der Waals surface area (Å²) in [7, 11) is 0. The van der Waals surface area contributed by atoms with Crippen LogP contribution in [0.4, 0.5) is 0 Å². The predicted octanol–water partition coefficient (Wildman–Crippen LogP) is 1.50. The second kappa shape index (κ2) is 5.86. The average Bonchev–Trinajstić information content (AvgIpc) is 2.81. The van der Waals surface area contributed by atoms with E-state index in [0.29, 0.717) is 31.7 Å². The summed E-state index contributed by atoms with van der Waals surface area (Å²) in [6.45, 7) is 3.71. The van der Waals surface area contributed by atoms with Gasteiger partial charge in [-0.05, 0) is 6.42 Å². The fraction of sp³-hybridized carbons (Fsp3) is 0.615. The number of hydrogen-bond donors (Lipinski definition) is 1. The van der Waals surface area contributed by atoms with E-state index in [2.05, 4.69) is 11.9 Å². The first-order valence-electron chi connectivity index (χ1n) is 6.68. The minimum Gasteiger partial charge on any atom is -0.476 e. The van der Waals surface area contributed by atoms with Crippen LogP contribution in [0.2, 0.25) is 0 Å². The van der Waals surface area contributed by atoms with Crippen LogP contribution in [0, 0.1) is 0 Å². The zero-order chi connectivity index (χ0) is 13.8. The van der Waals surface area contributed by atoms with Gasteiger partial charge in [-0.3, -0.25) is 4.79 Å². The lowest BCUT2D eigenvalue weighted by molar-refractivity contribution is -0.132. The van der Waals surface area contributed by atoms with Crippen molar-refractivity contribution in [2.45, 2.75) is 45.7 Å². The predicted molar refractivity (Wildman–Crippen MR) is 68.7 cm³/mol. The Kier molecular flexibility index (Phi) is 4.19. The Labute approximate surface area is 112 Å². The number of amides is 1. The first kappa shape index (κ1) is 13.6. The second-order valence-electron chi connectivity index (χ2n) is 4.81. The van der Waals surface area contributed by atoms with E-state index in [-0.39, 0.29) is 11.6 Å². The maximum atomic E-state index is 12.0. The van der Waals surface area contributed by atoms with Crippen molar-refractivity contribution in [3.63, 3.8) is 0 Å². The monoisotopic (exact) mass is 265 g/mol. The van der Waals surface area contributed by atoms with Crippen molar-refractivity contribution < 1.29 is 14.7 Å². The van der Waals surface area contributed by atoms with Crippen molar-refractivity contribution in [2.24, 2.45) is 0 Å². The van der Waals surface area contributed by atoms with Gasteiger partial charge in [0.2, 0.25) is 5.91 Å². The molecule has 0 aliphatic carbocycles. The van der Waals surface area contributed by atoms with E-state index >= 15 is 0 Å². The third-order valence-corrected chi connectivity index (χ3v) is 3.45. The van der Waals surface area contributed by atoms with Crippen molar-refractivity contribution >= 4 is 11.9 Å². The van der Waals surface area contributed by atoms with Gasteiger partial charge < -0.3 is 14.6 Å². The number of aromatic carboxylic acids is 1. The van der Waals surface area contributed by atoms with Gasteiger partial charge >= 0.3 is 5.97 Å². The number of nitrogens with zero attached hydrogens (tertiary/aromatic N) is 3. The molecule has 0 saturated carbocycles. The topological polar surface area (TPSA) is 75.4 Å². The van der Waals surface area contributed by atoms with E-state index in [1.54, 1.807) is 4.90 Å². The summed E-state index contributed by atoms with van der Waals surface area (Å²) in [4.78, 5) is 28.7. The van der Waals surface area contributed by atoms with Crippen LogP contribution in [0.15, 0.2) is 6.33 Å². The van der Waals surface area contributed by atoms with Crippen LogP contribution in [-0.2, 0) is 17.9 Å². The van der Waals surface area contributed by atoms with Crippen LogP contribution in [-0.4, -0.2) is 38.0 Å². The molecule has 2 rings (SSSR count). The minimum absolute atomic E-state index is 0.0612. The van der Waals surface area contributed by atoms with Crippen LogP contribution in [0.5, 0.6) is 0 Å². The lowest BCUT2D eigenvalue weighted by Crippen LogP contribution is -2.38. The summed E-state index contributed by atoms with van der Waals surface area (Å²) in [5, 5.41) is 9.05. The van der Waals surface area contributed by atoms with Gasteiger partial charge in [0.1, 0.15) is 0 Å². The number of fused-ring (bicyclic) bond motifs is 1. The van der Waals surface area contributed by atoms with Gasteiger partial charge in [-0.2, -0.15) is 0 Å². The van der Waals surface area contributed by atoms with E-state index < -0.39 is 5.97 Å². The van der Waals surface area contributed by atoms with Crippen LogP contribution < -0.4 is 0 Å². The van der Waals surface area contributed by atoms with Crippen molar-refractivity contribution in [2.75, 3.05) is 6.54 Å². The Morgan fingerprint density at radius 1 is 1.37 bits per heavy atom. The van der Waals surface area contributed by atoms with Gasteiger partial charge in [-0.15, -0.1) is 0 Å². The van der Waals surface area contributed by atoms with Crippen LogP contribution in [0.1, 0.15) is 48.8 Å². The highest BCUT2D eigenvalue weighted by Crippen LogP contribution is 2.17. The highest BCUT2D eigenvalue weighted by Gasteiger charge is 2.25. The number of hydrogen-bond acceptors (Lipinski definition) is 3. The standard InChI is InChI=1S/C13H19N3O3/c1-2-3-4-5-11(17)15-6-7-16-9-14-12(13(18)19)10(16)8-15/h9H,2-8H2,1H3,(H,18,19). The van der Waals surface area contributed by atoms with E-state index in [9.17, 15) is 9.59 Å². The summed E-state index contributed by atoms with van der Waals surface area (Å²) in [6.07, 6.45) is 5.13. The molecule has 19 heavy (non-hydrogen) atoms. The number of carboxylic acids is 1. The molecular formula is C13H19N3O3. The molecule has 6 heteroatoms. The quantitative estimate of drug-likeness (QED) is 0.819. The SMILES string of the molecule is CCCCCC(=O)N1CCn2cnc(C(=O)O)c2C1. The molecule has 2 heterocycles. The third kappa shape index (κ3) is 2.94.